The third-order valence-corrected chi connectivity index (χ3v) is 7.01. The van der Waals surface area contributed by atoms with Crippen LogP contribution in [0.15, 0.2) is 24.3 Å². The number of hydrogen-bond donors (Lipinski definition) is 0. The highest BCUT2D eigenvalue weighted by atomic mass is 16.6. The van der Waals surface area contributed by atoms with Crippen molar-refractivity contribution in [3.05, 3.63) is 24.3 Å². The second kappa shape index (κ2) is 30.8. The number of ether oxygens (including phenoxy) is 1. The fraction of sp³-hybridized carbons (Fsp3) is 0.824. The molecule has 0 spiro atoms. The standard InChI is InChI=1S/C34H62O3/c1-3-5-7-9-11-13-15-17-18-20-22-24-26-28-30-32-34(36)37-33(35)31-29-27-25-23-21-19-16-14-12-10-8-6-4-2/h14,16-18H,3-13,15,19-32H2,1-2H3. The molecule has 0 N–H and O–H groups in total. The lowest BCUT2D eigenvalue weighted by atomic mass is 10.1. The van der Waals surface area contributed by atoms with Crippen molar-refractivity contribution in [2.75, 3.05) is 0 Å². The van der Waals surface area contributed by atoms with Crippen LogP contribution >= 0.6 is 0 Å². The van der Waals surface area contributed by atoms with Crippen molar-refractivity contribution in [3.8, 4) is 0 Å². The first-order valence-corrected chi connectivity index (χ1v) is 16.2. The normalized spacial score (nSPS) is 11.6. The lowest BCUT2D eigenvalue weighted by molar-refractivity contribution is -0.159. The molecule has 0 unspecified atom stereocenters. The molecule has 0 aromatic carbocycles. The third-order valence-electron chi connectivity index (χ3n) is 7.01. The van der Waals surface area contributed by atoms with Gasteiger partial charge in [-0.25, -0.2) is 0 Å². The van der Waals surface area contributed by atoms with E-state index in [4.69, 9.17) is 4.74 Å². The van der Waals surface area contributed by atoms with Gasteiger partial charge in [0, 0.05) is 12.8 Å². The van der Waals surface area contributed by atoms with Crippen molar-refractivity contribution in [1.29, 1.82) is 0 Å². The Labute approximate surface area is 231 Å². The van der Waals surface area contributed by atoms with Gasteiger partial charge in [-0.2, -0.15) is 0 Å². The van der Waals surface area contributed by atoms with Crippen LogP contribution in [-0.2, 0) is 14.3 Å². The van der Waals surface area contributed by atoms with Crippen LogP contribution in [-0.4, -0.2) is 11.9 Å². The molecule has 0 heterocycles. The van der Waals surface area contributed by atoms with E-state index in [0.717, 1.165) is 38.5 Å². The molecule has 0 fully saturated rings. The van der Waals surface area contributed by atoms with Gasteiger partial charge in [0.05, 0.1) is 0 Å². The topological polar surface area (TPSA) is 43.4 Å². The molecule has 216 valence electrons. The van der Waals surface area contributed by atoms with E-state index in [1.165, 1.54) is 116 Å². The highest BCUT2D eigenvalue weighted by molar-refractivity contribution is 5.85. The molecule has 0 rings (SSSR count). The van der Waals surface area contributed by atoms with E-state index in [-0.39, 0.29) is 11.9 Å². The summed E-state index contributed by atoms with van der Waals surface area (Å²) < 4.78 is 4.98. The molecule has 0 aliphatic carbocycles. The highest BCUT2D eigenvalue weighted by Crippen LogP contribution is 2.12. The van der Waals surface area contributed by atoms with Crippen LogP contribution in [0.1, 0.15) is 181 Å². The quantitative estimate of drug-likeness (QED) is 0.0447. The number of unbranched alkanes of at least 4 members (excludes halogenated alkanes) is 20. The smallest absolute Gasteiger partial charge is 0.313 e. The number of allylic oxidation sites excluding steroid dienone is 4. The molecular formula is C34H62O3. The first kappa shape index (κ1) is 35.6. The van der Waals surface area contributed by atoms with E-state index >= 15 is 0 Å². The summed E-state index contributed by atoms with van der Waals surface area (Å²) in [6.45, 7) is 4.51. The molecule has 0 aliphatic rings. The molecule has 0 bridgehead atoms. The number of rotatable bonds is 28. The Hall–Kier alpha value is -1.38. The van der Waals surface area contributed by atoms with Crippen molar-refractivity contribution in [2.45, 2.75) is 181 Å². The second-order valence-electron chi connectivity index (χ2n) is 10.8. The second-order valence-corrected chi connectivity index (χ2v) is 10.8. The van der Waals surface area contributed by atoms with Crippen molar-refractivity contribution < 1.29 is 14.3 Å². The minimum absolute atomic E-state index is 0.343. The van der Waals surface area contributed by atoms with Gasteiger partial charge in [0.25, 0.3) is 0 Å². The highest BCUT2D eigenvalue weighted by Gasteiger charge is 2.09. The molecule has 0 saturated heterocycles. The Kier molecular flexibility index (Phi) is 29.7. The molecule has 37 heavy (non-hydrogen) atoms. The van der Waals surface area contributed by atoms with Crippen molar-refractivity contribution in [1.82, 2.24) is 0 Å². The average molecular weight is 519 g/mol. The predicted octanol–water partition coefficient (Wildman–Crippen LogP) is 11.4. The van der Waals surface area contributed by atoms with Gasteiger partial charge in [-0.1, -0.05) is 128 Å². The Morgan fingerprint density at radius 3 is 1.03 bits per heavy atom. The summed E-state index contributed by atoms with van der Waals surface area (Å²) in [6.07, 6.45) is 39.3. The van der Waals surface area contributed by atoms with Crippen LogP contribution in [0.2, 0.25) is 0 Å². The lowest BCUT2D eigenvalue weighted by Crippen LogP contribution is -2.11. The maximum absolute atomic E-state index is 11.9. The zero-order valence-electron chi connectivity index (χ0n) is 24.9. The molecule has 3 heteroatoms. The summed E-state index contributed by atoms with van der Waals surface area (Å²) in [6, 6.07) is 0. The van der Waals surface area contributed by atoms with Crippen LogP contribution in [0.25, 0.3) is 0 Å². The SMILES string of the molecule is CCCCCCC=CCCCCCCCC(=O)OC(=O)CCCCCCCC=CCCCCCCCC. The summed E-state index contributed by atoms with van der Waals surface area (Å²) >= 11 is 0. The van der Waals surface area contributed by atoms with Gasteiger partial charge in [0.1, 0.15) is 0 Å². The molecule has 0 amide bonds. The summed E-state index contributed by atoms with van der Waals surface area (Å²) in [5.41, 5.74) is 0. The summed E-state index contributed by atoms with van der Waals surface area (Å²) in [4.78, 5) is 23.7. The van der Waals surface area contributed by atoms with E-state index in [1.54, 1.807) is 0 Å². The van der Waals surface area contributed by atoms with Crippen LogP contribution in [0.3, 0.4) is 0 Å². The lowest BCUT2D eigenvalue weighted by Gasteiger charge is -2.04. The maximum atomic E-state index is 11.9. The fourth-order valence-electron chi connectivity index (χ4n) is 4.56. The molecule has 3 nitrogen and oxygen atoms in total. The number of carbonyl (C=O) groups excluding carboxylic acids is 2. The van der Waals surface area contributed by atoms with E-state index < -0.39 is 0 Å². The largest absolute Gasteiger partial charge is 0.393 e. The number of hydrogen-bond acceptors (Lipinski definition) is 3. The molecular weight excluding hydrogens is 456 g/mol. The maximum Gasteiger partial charge on any atom is 0.313 e. The Morgan fingerprint density at radius 1 is 0.405 bits per heavy atom. The Morgan fingerprint density at radius 2 is 0.676 bits per heavy atom. The molecule has 0 aromatic heterocycles. The van der Waals surface area contributed by atoms with Crippen molar-refractivity contribution in [2.24, 2.45) is 0 Å². The van der Waals surface area contributed by atoms with Gasteiger partial charge >= 0.3 is 11.9 Å². The van der Waals surface area contributed by atoms with Crippen LogP contribution in [0.4, 0.5) is 0 Å². The average Bonchev–Trinajstić information content (AvgIpc) is 2.89. The summed E-state index contributed by atoms with van der Waals surface area (Å²) in [5.74, 6) is -0.687. The van der Waals surface area contributed by atoms with Crippen molar-refractivity contribution in [3.63, 3.8) is 0 Å². The number of esters is 2. The van der Waals surface area contributed by atoms with Crippen LogP contribution in [0.5, 0.6) is 0 Å². The third kappa shape index (κ3) is 30.7. The molecule has 0 radical (unpaired) electrons. The summed E-state index contributed by atoms with van der Waals surface area (Å²) in [5, 5.41) is 0. The number of carbonyl (C=O) groups is 2. The van der Waals surface area contributed by atoms with Crippen molar-refractivity contribution >= 4 is 11.9 Å². The predicted molar refractivity (Wildman–Crippen MR) is 161 cm³/mol. The van der Waals surface area contributed by atoms with Gasteiger partial charge in [0.2, 0.25) is 0 Å². The fourth-order valence-corrected chi connectivity index (χ4v) is 4.56. The van der Waals surface area contributed by atoms with Gasteiger partial charge in [-0.05, 0) is 64.2 Å². The van der Waals surface area contributed by atoms with E-state index in [9.17, 15) is 9.59 Å². The zero-order chi connectivity index (χ0) is 27.1. The first-order chi connectivity index (χ1) is 18.2. The zero-order valence-corrected chi connectivity index (χ0v) is 24.9. The Bertz CT molecular complexity index is 549. The Balaban J connectivity index is 3.37. The van der Waals surface area contributed by atoms with Crippen LogP contribution in [0, 0.1) is 0 Å². The van der Waals surface area contributed by atoms with Gasteiger partial charge in [0.15, 0.2) is 0 Å². The monoisotopic (exact) mass is 518 g/mol. The van der Waals surface area contributed by atoms with Gasteiger partial charge in [-0.3, -0.25) is 9.59 Å². The molecule has 0 saturated carbocycles. The van der Waals surface area contributed by atoms with E-state index in [2.05, 4.69) is 38.2 Å². The molecule has 0 aromatic rings. The van der Waals surface area contributed by atoms with Gasteiger partial charge < -0.3 is 4.74 Å². The minimum Gasteiger partial charge on any atom is -0.393 e. The molecule has 0 aliphatic heterocycles. The minimum atomic E-state index is -0.344. The summed E-state index contributed by atoms with van der Waals surface area (Å²) in [7, 11) is 0. The van der Waals surface area contributed by atoms with Crippen LogP contribution < -0.4 is 0 Å². The van der Waals surface area contributed by atoms with E-state index in [1.807, 2.05) is 0 Å². The van der Waals surface area contributed by atoms with Gasteiger partial charge in [-0.15, -0.1) is 0 Å². The first-order valence-electron chi connectivity index (χ1n) is 16.2. The molecule has 0 atom stereocenters. The van der Waals surface area contributed by atoms with E-state index in [0.29, 0.717) is 12.8 Å².